The van der Waals surface area contributed by atoms with Crippen LogP contribution in [-0.2, 0) is 6.54 Å². The lowest BCUT2D eigenvalue weighted by Crippen LogP contribution is -2.38. The van der Waals surface area contributed by atoms with Crippen molar-refractivity contribution in [3.63, 3.8) is 0 Å². The normalized spacial score (nSPS) is 18.5. The predicted octanol–water partition coefficient (Wildman–Crippen LogP) is 3.95. The largest absolute Gasteiger partial charge is 0.357 e. The number of hydrogen-bond acceptors (Lipinski definition) is 4. The Morgan fingerprint density at radius 3 is 2.77 bits per heavy atom. The van der Waals surface area contributed by atoms with Crippen molar-refractivity contribution in [1.82, 2.24) is 20.5 Å². The number of likely N-dealkylation sites (tertiary alicyclic amines) is 1. The molecule has 0 aromatic carbocycles. The lowest BCUT2D eigenvalue weighted by atomic mass is 10.0. The van der Waals surface area contributed by atoms with Gasteiger partial charge >= 0.3 is 0 Å². The van der Waals surface area contributed by atoms with E-state index < -0.39 is 0 Å². The Bertz CT molecular complexity index is 527. The first kappa shape index (κ1) is 23.6. The minimum atomic E-state index is 0. The first-order chi connectivity index (χ1) is 12.1. The van der Waals surface area contributed by atoms with E-state index in [0.29, 0.717) is 6.54 Å². The molecule has 0 amide bonds. The van der Waals surface area contributed by atoms with Crippen LogP contribution in [0.5, 0.6) is 0 Å². The van der Waals surface area contributed by atoms with Crippen LogP contribution < -0.4 is 10.6 Å². The molecule has 1 atom stereocenters. The number of piperidine rings is 1. The van der Waals surface area contributed by atoms with Crippen LogP contribution in [0.1, 0.15) is 55.1 Å². The van der Waals surface area contributed by atoms with Gasteiger partial charge in [-0.15, -0.1) is 35.3 Å². The lowest BCUT2D eigenvalue weighted by molar-refractivity contribution is 0.181. The Hall–Kier alpha value is -0.410. The third kappa shape index (κ3) is 8.52. The van der Waals surface area contributed by atoms with Gasteiger partial charge in [0.15, 0.2) is 5.96 Å². The smallest absolute Gasteiger partial charge is 0.191 e. The van der Waals surface area contributed by atoms with Crippen molar-refractivity contribution in [3.8, 4) is 0 Å². The first-order valence-electron chi connectivity index (χ1n) is 9.76. The highest BCUT2D eigenvalue weighted by Gasteiger charge is 2.15. The zero-order valence-electron chi connectivity index (χ0n) is 16.8. The SMILES string of the molecule is CCNC(=NCc1nc(C)c(C)s1)NCCCCN1CCCC(C)C1.I. The monoisotopic (exact) mass is 493 g/mol. The lowest BCUT2D eigenvalue weighted by Gasteiger charge is -2.30. The number of hydrogen-bond donors (Lipinski definition) is 2. The quantitative estimate of drug-likeness (QED) is 0.249. The van der Waals surface area contributed by atoms with Crippen molar-refractivity contribution in [2.75, 3.05) is 32.7 Å². The van der Waals surface area contributed by atoms with E-state index in [9.17, 15) is 0 Å². The summed E-state index contributed by atoms with van der Waals surface area (Å²) in [7, 11) is 0. The van der Waals surface area contributed by atoms with Gasteiger partial charge in [-0.25, -0.2) is 9.98 Å². The van der Waals surface area contributed by atoms with E-state index in [1.54, 1.807) is 11.3 Å². The molecule has 0 aliphatic carbocycles. The van der Waals surface area contributed by atoms with Crippen molar-refractivity contribution in [1.29, 1.82) is 0 Å². The number of rotatable bonds is 8. The van der Waals surface area contributed by atoms with Crippen molar-refractivity contribution in [2.45, 2.75) is 59.9 Å². The molecule has 1 aromatic rings. The van der Waals surface area contributed by atoms with E-state index in [0.717, 1.165) is 35.7 Å². The second-order valence-corrected chi connectivity index (χ2v) is 8.41. The Labute approximate surface area is 180 Å². The van der Waals surface area contributed by atoms with Crippen LogP contribution in [0.3, 0.4) is 0 Å². The van der Waals surface area contributed by atoms with Crippen molar-refractivity contribution in [2.24, 2.45) is 10.9 Å². The maximum absolute atomic E-state index is 4.67. The van der Waals surface area contributed by atoms with Gasteiger partial charge in [-0.1, -0.05) is 6.92 Å². The third-order valence-electron chi connectivity index (χ3n) is 4.72. The summed E-state index contributed by atoms with van der Waals surface area (Å²) in [5.74, 6) is 1.78. The zero-order valence-corrected chi connectivity index (χ0v) is 20.0. The van der Waals surface area contributed by atoms with Crippen LogP contribution in [0.4, 0.5) is 0 Å². The Balaban J connectivity index is 0.00000338. The third-order valence-corrected chi connectivity index (χ3v) is 5.78. The first-order valence-corrected chi connectivity index (χ1v) is 10.6. The van der Waals surface area contributed by atoms with Gasteiger partial charge in [-0.05, 0) is 65.5 Å². The van der Waals surface area contributed by atoms with Crippen molar-refractivity contribution >= 4 is 41.3 Å². The fourth-order valence-corrected chi connectivity index (χ4v) is 4.11. The van der Waals surface area contributed by atoms with Crippen molar-refractivity contribution < 1.29 is 0 Å². The number of nitrogens with one attached hydrogen (secondary N) is 2. The Morgan fingerprint density at radius 2 is 2.12 bits per heavy atom. The molecule has 150 valence electrons. The van der Waals surface area contributed by atoms with E-state index in [2.05, 4.69) is 53.2 Å². The van der Waals surface area contributed by atoms with E-state index in [-0.39, 0.29) is 24.0 Å². The molecule has 1 saturated heterocycles. The van der Waals surface area contributed by atoms with Gasteiger partial charge < -0.3 is 15.5 Å². The standard InChI is InChI=1S/C19H35N5S.HI/c1-5-20-19(22-13-18-23-16(3)17(4)25-18)21-10-6-7-11-24-12-8-9-15(2)14-24;/h15H,5-14H2,1-4H3,(H2,20,21,22);1H. The molecule has 0 bridgehead atoms. The van der Waals surface area contributed by atoms with Crippen molar-refractivity contribution in [3.05, 3.63) is 15.6 Å². The van der Waals surface area contributed by atoms with E-state index in [4.69, 9.17) is 0 Å². The molecule has 1 fully saturated rings. The molecule has 0 spiro atoms. The second-order valence-electron chi connectivity index (χ2n) is 7.13. The summed E-state index contributed by atoms with van der Waals surface area (Å²) in [6.07, 6.45) is 5.21. The minimum Gasteiger partial charge on any atom is -0.357 e. The summed E-state index contributed by atoms with van der Waals surface area (Å²) in [6, 6.07) is 0. The molecule has 2 heterocycles. The minimum absolute atomic E-state index is 0. The molecule has 1 aliphatic heterocycles. The summed E-state index contributed by atoms with van der Waals surface area (Å²) in [5, 5.41) is 7.87. The molecular weight excluding hydrogens is 457 g/mol. The average Bonchev–Trinajstić information content (AvgIpc) is 2.90. The molecule has 26 heavy (non-hydrogen) atoms. The second kappa shape index (κ2) is 12.9. The van der Waals surface area contributed by atoms with Gasteiger partial charge in [0.05, 0.1) is 12.2 Å². The Morgan fingerprint density at radius 1 is 1.31 bits per heavy atom. The average molecular weight is 494 g/mol. The van der Waals surface area contributed by atoms with Gasteiger partial charge in [0.1, 0.15) is 5.01 Å². The molecule has 2 rings (SSSR count). The van der Waals surface area contributed by atoms with Gasteiger partial charge in [0.25, 0.3) is 0 Å². The number of nitrogens with zero attached hydrogens (tertiary/aromatic N) is 3. The van der Waals surface area contributed by atoms with Crippen LogP contribution in [0.2, 0.25) is 0 Å². The summed E-state index contributed by atoms with van der Waals surface area (Å²) >= 11 is 1.74. The molecular formula is C19H36IN5S. The maximum atomic E-state index is 4.67. The molecule has 0 radical (unpaired) electrons. The fraction of sp³-hybridized carbons (Fsp3) is 0.789. The van der Waals surface area contributed by atoms with Crippen LogP contribution in [-0.4, -0.2) is 48.6 Å². The van der Waals surface area contributed by atoms with E-state index in [1.165, 1.54) is 50.2 Å². The molecule has 1 aliphatic rings. The van der Waals surface area contributed by atoms with Crippen LogP contribution in [0.15, 0.2) is 4.99 Å². The molecule has 5 nitrogen and oxygen atoms in total. The highest BCUT2D eigenvalue weighted by atomic mass is 127. The van der Waals surface area contributed by atoms with Gasteiger partial charge in [-0.2, -0.15) is 0 Å². The topological polar surface area (TPSA) is 52.6 Å². The number of guanidine groups is 1. The predicted molar refractivity (Wildman–Crippen MR) is 124 cm³/mol. The number of aryl methyl sites for hydroxylation is 2. The summed E-state index contributed by atoms with van der Waals surface area (Å²) in [5.41, 5.74) is 1.13. The molecule has 2 N–H and O–H groups in total. The molecule has 1 unspecified atom stereocenters. The highest BCUT2D eigenvalue weighted by Crippen LogP contribution is 2.17. The van der Waals surface area contributed by atoms with Crippen LogP contribution in [0, 0.1) is 19.8 Å². The Kier molecular flexibility index (Phi) is 11.7. The van der Waals surface area contributed by atoms with Gasteiger partial charge in [0.2, 0.25) is 0 Å². The van der Waals surface area contributed by atoms with E-state index >= 15 is 0 Å². The fourth-order valence-electron chi connectivity index (χ4n) is 3.25. The zero-order chi connectivity index (χ0) is 18.1. The molecule has 7 heteroatoms. The highest BCUT2D eigenvalue weighted by molar-refractivity contribution is 14.0. The van der Waals surface area contributed by atoms with Gasteiger partial charge in [0, 0.05) is 24.5 Å². The number of thiazole rings is 1. The van der Waals surface area contributed by atoms with Crippen LogP contribution in [0.25, 0.3) is 0 Å². The number of aliphatic imine (C=N–C) groups is 1. The number of unbranched alkanes of at least 4 members (excludes halogenated alkanes) is 1. The molecule has 1 aromatic heterocycles. The van der Waals surface area contributed by atoms with Gasteiger partial charge in [-0.3, -0.25) is 0 Å². The maximum Gasteiger partial charge on any atom is 0.191 e. The summed E-state index contributed by atoms with van der Waals surface area (Å²) in [4.78, 5) is 13.1. The summed E-state index contributed by atoms with van der Waals surface area (Å²) < 4.78 is 0. The number of aromatic nitrogens is 1. The molecule has 0 saturated carbocycles. The number of halogens is 1. The van der Waals surface area contributed by atoms with Crippen LogP contribution >= 0.6 is 35.3 Å². The van der Waals surface area contributed by atoms with E-state index in [1.807, 2.05) is 0 Å². The summed E-state index contributed by atoms with van der Waals surface area (Å²) in [6.45, 7) is 15.0.